The van der Waals surface area contributed by atoms with Crippen LogP contribution in [0.25, 0.3) is 20.8 Å². The second-order valence-electron chi connectivity index (χ2n) is 6.21. The Morgan fingerprint density at radius 1 is 1.17 bits per heavy atom. The lowest BCUT2D eigenvalue weighted by atomic mass is 10.1. The van der Waals surface area contributed by atoms with Gasteiger partial charge in [-0.25, -0.2) is 4.98 Å². The third kappa shape index (κ3) is 4.39. The Kier molecular flexibility index (Phi) is 6.03. The highest BCUT2D eigenvalue weighted by molar-refractivity contribution is 14.1. The van der Waals surface area contributed by atoms with E-state index in [0.29, 0.717) is 28.6 Å². The number of hydrogen-bond donors (Lipinski definition) is 1. The van der Waals surface area contributed by atoms with E-state index >= 15 is 0 Å². The lowest BCUT2D eigenvalue weighted by Gasteiger charge is -2.11. The van der Waals surface area contributed by atoms with Crippen LogP contribution in [0.1, 0.15) is 17.3 Å². The quantitative estimate of drug-likeness (QED) is 0.284. The van der Waals surface area contributed by atoms with Gasteiger partial charge in [0.15, 0.2) is 0 Å². The van der Waals surface area contributed by atoms with E-state index in [0.717, 1.165) is 24.4 Å². The molecular weight excluding hydrogens is 519 g/mol. The summed E-state index contributed by atoms with van der Waals surface area (Å²) < 4.78 is 7.61. The SMILES string of the molecule is CCOc1ccc(C(=O)Nc2ccc(I)cc2-c2nc3ccccc3s2)cc1Cl. The number of carbonyl (C=O) groups is 1. The molecule has 0 bridgehead atoms. The molecule has 1 heterocycles. The van der Waals surface area contributed by atoms with Gasteiger partial charge >= 0.3 is 0 Å². The molecule has 0 unspecified atom stereocenters. The minimum atomic E-state index is -0.237. The molecule has 0 fully saturated rings. The summed E-state index contributed by atoms with van der Waals surface area (Å²) in [6.07, 6.45) is 0. The van der Waals surface area contributed by atoms with Crippen LogP contribution in [0.15, 0.2) is 60.7 Å². The van der Waals surface area contributed by atoms with Crippen molar-refractivity contribution in [2.24, 2.45) is 0 Å². The normalized spacial score (nSPS) is 10.9. The standard InChI is InChI=1S/C22H16ClIN2O2S/c1-2-28-19-10-7-13(11-16(19)23)21(27)25-17-9-8-14(24)12-15(17)22-26-18-5-3-4-6-20(18)29-22/h3-12H,2H2,1H3,(H,25,27). The van der Waals surface area contributed by atoms with Crippen LogP contribution in [0, 0.1) is 3.57 Å². The molecule has 0 aliphatic rings. The summed E-state index contributed by atoms with van der Waals surface area (Å²) in [5, 5.41) is 4.28. The summed E-state index contributed by atoms with van der Waals surface area (Å²) in [4.78, 5) is 17.6. The Labute approximate surface area is 191 Å². The van der Waals surface area contributed by atoms with E-state index in [-0.39, 0.29) is 5.91 Å². The second-order valence-corrected chi connectivity index (χ2v) is 8.89. The van der Waals surface area contributed by atoms with Gasteiger partial charge in [0, 0.05) is 14.7 Å². The van der Waals surface area contributed by atoms with Gasteiger partial charge in [-0.05, 0) is 78.0 Å². The molecule has 4 rings (SSSR count). The predicted octanol–water partition coefficient (Wildman–Crippen LogP) is 6.87. The van der Waals surface area contributed by atoms with Crippen LogP contribution >= 0.6 is 45.5 Å². The van der Waals surface area contributed by atoms with Crippen LogP contribution in [-0.2, 0) is 0 Å². The first kappa shape index (κ1) is 20.1. The molecule has 29 heavy (non-hydrogen) atoms. The summed E-state index contributed by atoms with van der Waals surface area (Å²) >= 11 is 10.1. The zero-order valence-corrected chi connectivity index (χ0v) is 19.1. The van der Waals surface area contributed by atoms with Crippen molar-refractivity contribution in [3.63, 3.8) is 0 Å². The number of para-hydroxylation sites is 1. The van der Waals surface area contributed by atoms with Crippen molar-refractivity contribution in [2.45, 2.75) is 6.92 Å². The number of fused-ring (bicyclic) bond motifs is 1. The number of amides is 1. The van der Waals surface area contributed by atoms with Crippen molar-refractivity contribution in [2.75, 3.05) is 11.9 Å². The third-order valence-corrected chi connectivity index (χ3v) is 6.28. The smallest absolute Gasteiger partial charge is 0.255 e. The number of thiazole rings is 1. The van der Waals surface area contributed by atoms with Crippen LogP contribution in [0.5, 0.6) is 5.75 Å². The molecule has 3 aromatic carbocycles. The first-order valence-corrected chi connectivity index (χ1v) is 11.2. The number of nitrogens with one attached hydrogen (secondary N) is 1. The van der Waals surface area contributed by atoms with Gasteiger partial charge in [0.2, 0.25) is 0 Å². The van der Waals surface area contributed by atoms with E-state index < -0.39 is 0 Å². The molecule has 7 heteroatoms. The number of aromatic nitrogens is 1. The summed E-state index contributed by atoms with van der Waals surface area (Å²) in [5.41, 5.74) is 3.01. The maximum Gasteiger partial charge on any atom is 0.255 e. The van der Waals surface area contributed by atoms with Gasteiger partial charge in [-0.15, -0.1) is 11.3 Å². The minimum absolute atomic E-state index is 0.237. The zero-order valence-electron chi connectivity index (χ0n) is 15.4. The van der Waals surface area contributed by atoms with Crippen molar-refractivity contribution in [3.8, 4) is 16.3 Å². The van der Waals surface area contributed by atoms with Crippen LogP contribution in [-0.4, -0.2) is 17.5 Å². The first-order chi connectivity index (χ1) is 14.0. The summed E-state index contributed by atoms with van der Waals surface area (Å²) in [6, 6.07) is 18.9. The van der Waals surface area contributed by atoms with Crippen LogP contribution in [0.3, 0.4) is 0 Å². The Morgan fingerprint density at radius 3 is 2.76 bits per heavy atom. The maximum absolute atomic E-state index is 12.8. The molecular formula is C22H16ClIN2O2S. The highest BCUT2D eigenvalue weighted by Gasteiger charge is 2.15. The fraction of sp³-hybridized carbons (Fsp3) is 0.0909. The molecule has 0 radical (unpaired) electrons. The van der Waals surface area contributed by atoms with Crippen molar-refractivity contribution >= 4 is 67.3 Å². The Balaban J connectivity index is 1.67. The minimum Gasteiger partial charge on any atom is -0.492 e. The van der Waals surface area contributed by atoms with Gasteiger partial charge in [0.25, 0.3) is 5.91 Å². The lowest BCUT2D eigenvalue weighted by molar-refractivity contribution is 0.102. The molecule has 0 aliphatic carbocycles. The third-order valence-electron chi connectivity index (χ3n) is 4.25. The molecule has 4 nitrogen and oxygen atoms in total. The van der Waals surface area contributed by atoms with Gasteiger partial charge < -0.3 is 10.1 Å². The van der Waals surface area contributed by atoms with E-state index in [4.69, 9.17) is 21.3 Å². The van der Waals surface area contributed by atoms with Gasteiger partial charge in [0.05, 0.1) is 27.5 Å². The molecule has 1 amide bonds. The molecule has 146 valence electrons. The molecule has 1 aromatic heterocycles. The molecule has 0 spiro atoms. The Hall–Kier alpha value is -2.16. The molecule has 0 atom stereocenters. The highest BCUT2D eigenvalue weighted by atomic mass is 127. The fourth-order valence-corrected chi connectivity index (χ4v) is 4.62. The number of ether oxygens (including phenoxy) is 1. The summed E-state index contributed by atoms with van der Waals surface area (Å²) in [7, 11) is 0. The molecule has 0 saturated carbocycles. The van der Waals surface area contributed by atoms with Gasteiger partial charge in [-0.3, -0.25) is 4.79 Å². The van der Waals surface area contributed by atoms with Crippen molar-refractivity contribution in [1.82, 2.24) is 4.98 Å². The monoisotopic (exact) mass is 534 g/mol. The Bertz CT molecular complexity index is 1180. The van der Waals surface area contributed by atoms with Crippen molar-refractivity contribution in [1.29, 1.82) is 0 Å². The molecule has 4 aromatic rings. The Morgan fingerprint density at radius 2 is 2.00 bits per heavy atom. The predicted molar refractivity (Wildman–Crippen MR) is 128 cm³/mol. The number of benzene rings is 3. The average molecular weight is 535 g/mol. The molecule has 0 aliphatic heterocycles. The van der Waals surface area contributed by atoms with E-state index in [1.807, 2.05) is 49.4 Å². The van der Waals surface area contributed by atoms with E-state index in [9.17, 15) is 4.79 Å². The fourth-order valence-electron chi connectivity index (χ4n) is 2.90. The average Bonchev–Trinajstić information content (AvgIpc) is 3.15. The second kappa shape index (κ2) is 8.69. The van der Waals surface area contributed by atoms with Crippen molar-refractivity contribution in [3.05, 3.63) is 74.8 Å². The number of anilines is 1. The molecule has 1 N–H and O–H groups in total. The molecule has 0 saturated heterocycles. The van der Waals surface area contributed by atoms with Crippen molar-refractivity contribution < 1.29 is 9.53 Å². The number of rotatable bonds is 5. The van der Waals surface area contributed by atoms with Crippen LogP contribution in [0.4, 0.5) is 5.69 Å². The lowest BCUT2D eigenvalue weighted by Crippen LogP contribution is -2.13. The van der Waals surface area contributed by atoms with Crippen LogP contribution in [0.2, 0.25) is 5.02 Å². The largest absolute Gasteiger partial charge is 0.492 e. The topological polar surface area (TPSA) is 51.2 Å². The zero-order chi connectivity index (χ0) is 20.4. The van der Waals surface area contributed by atoms with Gasteiger partial charge in [-0.1, -0.05) is 23.7 Å². The van der Waals surface area contributed by atoms with E-state index in [2.05, 4.69) is 27.9 Å². The maximum atomic E-state index is 12.8. The summed E-state index contributed by atoms with van der Waals surface area (Å²) in [5.74, 6) is 0.327. The number of carbonyl (C=O) groups excluding carboxylic acids is 1. The van der Waals surface area contributed by atoms with Crippen LogP contribution < -0.4 is 10.1 Å². The van der Waals surface area contributed by atoms with Gasteiger partial charge in [-0.2, -0.15) is 0 Å². The summed E-state index contributed by atoms with van der Waals surface area (Å²) in [6.45, 7) is 2.40. The number of nitrogens with zero attached hydrogens (tertiary/aromatic N) is 1. The van der Waals surface area contributed by atoms with E-state index in [1.54, 1.807) is 29.5 Å². The van der Waals surface area contributed by atoms with E-state index in [1.165, 1.54) is 0 Å². The number of hydrogen-bond acceptors (Lipinski definition) is 4. The van der Waals surface area contributed by atoms with Gasteiger partial charge in [0.1, 0.15) is 10.8 Å². The first-order valence-electron chi connectivity index (χ1n) is 8.94. The number of halogens is 2. The highest BCUT2D eigenvalue weighted by Crippen LogP contribution is 2.36.